The van der Waals surface area contributed by atoms with Crippen LogP contribution in [0.25, 0.3) is 22.4 Å². The lowest BCUT2D eigenvalue weighted by Gasteiger charge is -2.11. The molecule has 5 aromatic rings. The molecular weight excluding hydrogens is 500 g/mol. The Kier molecular flexibility index (Phi) is 7.66. The quantitative estimate of drug-likeness (QED) is 0.187. The van der Waals surface area contributed by atoms with Gasteiger partial charge in [0.05, 0.1) is 24.4 Å². The first-order valence-corrected chi connectivity index (χ1v) is 12.4. The average molecular weight is 525 g/mol. The molecule has 5 rings (SSSR count). The van der Waals surface area contributed by atoms with Crippen molar-refractivity contribution in [2.45, 2.75) is 13.2 Å². The summed E-state index contributed by atoms with van der Waals surface area (Å²) >= 11 is 6.06. The number of hydrazone groups is 1. The number of fused-ring (bicyclic) bond motifs is 1. The highest BCUT2D eigenvalue weighted by atomic mass is 35.5. The molecule has 8 heteroatoms. The first kappa shape index (κ1) is 25.0. The lowest BCUT2D eigenvalue weighted by Crippen LogP contribution is -2.23. The van der Waals surface area contributed by atoms with Crippen LogP contribution in [0, 0.1) is 0 Å². The first-order chi connectivity index (χ1) is 18.6. The number of carbonyl (C=O) groups excluding carboxylic acids is 1. The summed E-state index contributed by atoms with van der Waals surface area (Å²) < 4.78 is 13.3. The molecule has 1 amide bonds. The highest BCUT2D eigenvalue weighted by Gasteiger charge is 2.15. The summed E-state index contributed by atoms with van der Waals surface area (Å²) in [6.07, 6.45) is 1.57. The van der Waals surface area contributed by atoms with Crippen LogP contribution in [0.15, 0.2) is 102 Å². The number of aromatic nitrogens is 2. The summed E-state index contributed by atoms with van der Waals surface area (Å²) in [5.74, 6) is 1.60. The molecule has 0 saturated heterocycles. The van der Waals surface area contributed by atoms with Crippen molar-refractivity contribution in [3.8, 4) is 22.9 Å². The van der Waals surface area contributed by atoms with Crippen LogP contribution in [0.1, 0.15) is 11.1 Å². The van der Waals surface area contributed by atoms with E-state index < -0.39 is 0 Å². The molecule has 0 spiro atoms. The summed E-state index contributed by atoms with van der Waals surface area (Å²) in [7, 11) is 1.59. The van der Waals surface area contributed by atoms with E-state index in [0.29, 0.717) is 29.0 Å². The molecule has 4 aromatic carbocycles. The molecule has 190 valence electrons. The van der Waals surface area contributed by atoms with E-state index in [9.17, 15) is 4.79 Å². The third kappa shape index (κ3) is 5.85. The fraction of sp³-hybridized carbons (Fsp3) is 0.100. The minimum atomic E-state index is -0.284. The summed E-state index contributed by atoms with van der Waals surface area (Å²) in [4.78, 5) is 17.6. The van der Waals surface area contributed by atoms with E-state index in [1.807, 2.05) is 83.4 Å². The van der Waals surface area contributed by atoms with Crippen molar-refractivity contribution < 1.29 is 14.3 Å². The fourth-order valence-electron chi connectivity index (χ4n) is 4.03. The number of nitrogens with one attached hydrogen (secondary N) is 1. The Labute approximate surface area is 225 Å². The summed E-state index contributed by atoms with van der Waals surface area (Å²) in [5, 5.41) is 4.79. The van der Waals surface area contributed by atoms with Crippen molar-refractivity contribution >= 4 is 34.8 Å². The highest BCUT2D eigenvalue weighted by Crippen LogP contribution is 2.29. The zero-order valence-electron chi connectivity index (χ0n) is 20.7. The van der Waals surface area contributed by atoms with Crippen molar-refractivity contribution in [3.05, 3.63) is 113 Å². The molecule has 0 bridgehead atoms. The molecule has 0 unspecified atom stereocenters. The van der Waals surface area contributed by atoms with Gasteiger partial charge in [0.15, 0.2) is 11.5 Å². The number of methoxy groups -OCH3 is 1. The van der Waals surface area contributed by atoms with Gasteiger partial charge in [0.2, 0.25) is 0 Å². The molecular formula is C30H25ClN4O3. The number of amides is 1. The maximum absolute atomic E-state index is 12.9. The van der Waals surface area contributed by atoms with Gasteiger partial charge < -0.3 is 14.0 Å². The number of hydrogen-bond acceptors (Lipinski definition) is 5. The summed E-state index contributed by atoms with van der Waals surface area (Å²) in [6, 6.07) is 30.4. The topological polar surface area (TPSA) is 77.7 Å². The van der Waals surface area contributed by atoms with Crippen LogP contribution in [0.5, 0.6) is 11.5 Å². The zero-order chi connectivity index (χ0) is 26.3. The number of nitrogens with zero attached hydrogens (tertiary/aromatic N) is 3. The first-order valence-electron chi connectivity index (χ1n) is 12.0. The van der Waals surface area contributed by atoms with E-state index in [1.54, 1.807) is 31.5 Å². The van der Waals surface area contributed by atoms with Gasteiger partial charge in [0.25, 0.3) is 5.91 Å². The molecule has 0 aliphatic carbocycles. The molecule has 0 radical (unpaired) electrons. The van der Waals surface area contributed by atoms with E-state index in [4.69, 9.17) is 26.1 Å². The molecule has 1 N–H and O–H groups in total. The van der Waals surface area contributed by atoms with E-state index >= 15 is 0 Å². The number of carbonyl (C=O) groups is 1. The maximum Gasteiger partial charge on any atom is 0.260 e. The minimum Gasteiger partial charge on any atom is -0.493 e. The molecule has 0 atom stereocenters. The number of benzene rings is 4. The SMILES string of the molecule is COc1ccc(/C=N\NC(=O)Cn2c(-c3ccc(Cl)cc3)nc3ccccc32)cc1OCc1ccccc1. The van der Waals surface area contributed by atoms with Gasteiger partial charge in [-0.15, -0.1) is 0 Å². The molecule has 0 fully saturated rings. The van der Waals surface area contributed by atoms with Crippen molar-refractivity contribution in [1.29, 1.82) is 0 Å². The minimum absolute atomic E-state index is 0.0455. The molecule has 7 nitrogen and oxygen atoms in total. The van der Waals surface area contributed by atoms with E-state index in [1.165, 1.54) is 0 Å². The van der Waals surface area contributed by atoms with Crippen molar-refractivity contribution in [2.24, 2.45) is 5.10 Å². The van der Waals surface area contributed by atoms with Crippen molar-refractivity contribution in [2.75, 3.05) is 7.11 Å². The van der Waals surface area contributed by atoms with Crippen LogP contribution < -0.4 is 14.9 Å². The van der Waals surface area contributed by atoms with Gasteiger partial charge in [-0.2, -0.15) is 5.10 Å². The summed E-state index contributed by atoms with van der Waals surface area (Å²) in [5.41, 5.74) is 6.94. The number of ether oxygens (including phenoxy) is 2. The Bertz CT molecular complexity index is 1580. The molecule has 1 heterocycles. The normalized spacial score (nSPS) is 11.1. The number of para-hydroxylation sites is 2. The van der Waals surface area contributed by atoms with Crippen LogP contribution in [0.3, 0.4) is 0 Å². The highest BCUT2D eigenvalue weighted by molar-refractivity contribution is 6.30. The molecule has 0 aliphatic rings. The van der Waals surface area contributed by atoms with Crippen LogP contribution >= 0.6 is 11.6 Å². The predicted molar refractivity (Wildman–Crippen MR) is 150 cm³/mol. The fourth-order valence-corrected chi connectivity index (χ4v) is 4.16. The number of halogens is 1. The Balaban J connectivity index is 1.29. The number of hydrogen-bond donors (Lipinski definition) is 1. The van der Waals surface area contributed by atoms with Crippen LogP contribution in [-0.2, 0) is 17.9 Å². The molecule has 38 heavy (non-hydrogen) atoms. The van der Waals surface area contributed by atoms with Crippen LogP contribution in [0.2, 0.25) is 5.02 Å². The van der Waals surface area contributed by atoms with Crippen LogP contribution in [0.4, 0.5) is 0 Å². The second-order valence-corrected chi connectivity index (χ2v) is 8.93. The van der Waals surface area contributed by atoms with Crippen LogP contribution in [-0.4, -0.2) is 28.8 Å². The molecule has 1 aromatic heterocycles. The third-order valence-corrected chi connectivity index (χ3v) is 6.14. The van der Waals surface area contributed by atoms with Gasteiger partial charge in [0, 0.05) is 10.6 Å². The lowest BCUT2D eigenvalue weighted by atomic mass is 10.2. The second kappa shape index (κ2) is 11.6. The lowest BCUT2D eigenvalue weighted by molar-refractivity contribution is -0.121. The third-order valence-electron chi connectivity index (χ3n) is 5.89. The number of imidazole rings is 1. The maximum atomic E-state index is 12.9. The van der Waals surface area contributed by atoms with Gasteiger partial charge >= 0.3 is 0 Å². The molecule has 0 aliphatic heterocycles. The van der Waals surface area contributed by atoms with Crippen molar-refractivity contribution in [1.82, 2.24) is 15.0 Å². The number of rotatable bonds is 9. The Morgan fingerprint density at radius 1 is 0.974 bits per heavy atom. The van der Waals surface area contributed by atoms with Gasteiger partial charge in [-0.05, 0) is 65.7 Å². The second-order valence-electron chi connectivity index (χ2n) is 8.49. The van der Waals surface area contributed by atoms with Gasteiger partial charge in [-0.3, -0.25) is 4.79 Å². The van der Waals surface area contributed by atoms with Gasteiger partial charge in [-0.25, -0.2) is 10.4 Å². The van der Waals surface area contributed by atoms with Gasteiger partial charge in [-0.1, -0.05) is 54.1 Å². The standard InChI is InChI=1S/C30H25ClN4O3/c1-37-27-16-11-22(17-28(27)38-20-21-7-3-2-4-8-21)18-32-34-29(36)19-35-26-10-6-5-9-25(26)33-30(35)23-12-14-24(31)15-13-23/h2-18H,19-20H2,1H3,(H,34,36)/b32-18-. The Morgan fingerprint density at radius 3 is 2.53 bits per heavy atom. The van der Waals surface area contributed by atoms with Gasteiger partial charge in [0.1, 0.15) is 19.0 Å². The smallest absolute Gasteiger partial charge is 0.260 e. The average Bonchev–Trinajstić information content (AvgIpc) is 3.31. The molecule has 0 saturated carbocycles. The Hall–Kier alpha value is -4.62. The predicted octanol–water partition coefficient (Wildman–Crippen LogP) is 6.09. The largest absolute Gasteiger partial charge is 0.493 e. The summed E-state index contributed by atoms with van der Waals surface area (Å²) in [6.45, 7) is 0.452. The van der Waals surface area contributed by atoms with E-state index in [2.05, 4.69) is 10.5 Å². The monoisotopic (exact) mass is 524 g/mol. The van der Waals surface area contributed by atoms with E-state index in [-0.39, 0.29) is 12.5 Å². The van der Waals surface area contributed by atoms with E-state index in [0.717, 1.165) is 27.7 Å². The van der Waals surface area contributed by atoms with Crippen molar-refractivity contribution in [3.63, 3.8) is 0 Å². The zero-order valence-corrected chi connectivity index (χ0v) is 21.4. The Morgan fingerprint density at radius 2 is 1.74 bits per heavy atom.